The maximum Gasteiger partial charge on any atom is 0.137 e. The van der Waals surface area contributed by atoms with Gasteiger partial charge in [0, 0.05) is 18.7 Å². The molecule has 0 atom stereocenters. The number of nitrogens with one attached hydrogen (secondary N) is 1. The highest BCUT2D eigenvalue weighted by atomic mass is 15.0. The summed E-state index contributed by atoms with van der Waals surface area (Å²) < 4.78 is 2.30. The van der Waals surface area contributed by atoms with E-state index in [1.165, 1.54) is 42.6 Å². The lowest BCUT2D eigenvalue weighted by atomic mass is 9.96. The van der Waals surface area contributed by atoms with Crippen molar-refractivity contribution in [1.82, 2.24) is 14.7 Å². The van der Waals surface area contributed by atoms with Gasteiger partial charge in [-0.15, -0.1) is 0 Å². The maximum absolute atomic E-state index is 4.97. The van der Waals surface area contributed by atoms with Crippen molar-refractivity contribution in [3.8, 4) is 0 Å². The second-order valence-corrected chi connectivity index (χ2v) is 5.94. The summed E-state index contributed by atoms with van der Waals surface area (Å²) in [5.41, 5.74) is 5.31. The Labute approximate surface area is 119 Å². The highest BCUT2D eigenvalue weighted by Gasteiger charge is 2.26. The highest BCUT2D eigenvalue weighted by Crippen LogP contribution is 2.38. The van der Waals surface area contributed by atoms with Gasteiger partial charge in [0.2, 0.25) is 0 Å². The van der Waals surface area contributed by atoms with Crippen molar-refractivity contribution in [3.63, 3.8) is 0 Å². The predicted molar refractivity (Wildman–Crippen MR) is 81.9 cm³/mol. The highest BCUT2D eigenvalue weighted by molar-refractivity contribution is 5.69. The first kappa shape index (κ1) is 12.2. The van der Waals surface area contributed by atoms with E-state index in [9.17, 15) is 0 Å². The van der Waals surface area contributed by atoms with E-state index in [-0.39, 0.29) is 0 Å². The normalized spacial score (nSPS) is 20.5. The van der Waals surface area contributed by atoms with E-state index in [1.807, 2.05) is 0 Å². The molecule has 0 unspecified atom stereocenters. The minimum atomic E-state index is 0.667. The maximum atomic E-state index is 4.97. The third kappa shape index (κ3) is 1.97. The van der Waals surface area contributed by atoms with Crippen LogP contribution in [0.4, 0.5) is 0 Å². The monoisotopic (exact) mass is 267 g/mol. The van der Waals surface area contributed by atoms with Crippen molar-refractivity contribution < 1.29 is 0 Å². The summed E-state index contributed by atoms with van der Waals surface area (Å²) in [6.45, 7) is 2.06. The topological polar surface area (TPSA) is 29.3 Å². The standard InChI is InChI=1S/C17H21N3/c1-2-6-13(5-1)16-17(14-8-10-18-11-9-14)20-12-4-3-7-15(20)19-16/h3-4,7-8,12-13,18H,1-2,5-6,9-11H2. The molecule has 0 amide bonds. The Hall–Kier alpha value is -1.61. The molecule has 1 saturated carbocycles. The van der Waals surface area contributed by atoms with Gasteiger partial charge in [0.1, 0.15) is 5.65 Å². The number of hydrogen-bond acceptors (Lipinski definition) is 2. The second kappa shape index (κ2) is 5.06. The van der Waals surface area contributed by atoms with Crippen LogP contribution in [0.1, 0.15) is 49.4 Å². The summed E-state index contributed by atoms with van der Waals surface area (Å²) in [4.78, 5) is 4.97. The molecule has 0 bridgehead atoms. The molecule has 1 N–H and O–H groups in total. The lowest BCUT2D eigenvalue weighted by Crippen LogP contribution is -2.21. The Morgan fingerprint density at radius 1 is 1.20 bits per heavy atom. The Balaban J connectivity index is 1.90. The molecule has 0 spiro atoms. The minimum absolute atomic E-state index is 0.667. The summed E-state index contributed by atoms with van der Waals surface area (Å²) in [7, 11) is 0. The van der Waals surface area contributed by atoms with Crippen LogP contribution >= 0.6 is 0 Å². The van der Waals surface area contributed by atoms with Crippen LogP contribution in [-0.2, 0) is 0 Å². The molecule has 4 rings (SSSR count). The van der Waals surface area contributed by atoms with Crippen molar-refractivity contribution in [2.75, 3.05) is 13.1 Å². The lowest BCUT2D eigenvalue weighted by molar-refractivity contribution is 0.694. The van der Waals surface area contributed by atoms with E-state index >= 15 is 0 Å². The van der Waals surface area contributed by atoms with Gasteiger partial charge in [-0.1, -0.05) is 25.0 Å². The zero-order chi connectivity index (χ0) is 13.4. The Morgan fingerprint density at radius 3 is 2.90 bits per heavy atom. The number of nitrogens with zero attached hydrogens (tertiary/aromatic N) is 2. The van der Waals surface area contributed by atoms with Crippen LogP contribution in [0.25, 0.3) is 11.2 Å². The molecule has 2 aromatic rings. The van der Waals surface area contributed by atoms with Crippen molar-refractivity contribution in [2.45, 2.75) is 38.0 Å². The Kier molecular flexibility index (Phi) is 3.07. The SMILES string of the molecule is C1=C(c2c(C3CCCC3)nc3ccccn23)CCNC1. The minimum Gasteiger partial charge on any atom is -0.313 e. The zero-order valence-corrected chi connectivity index (χ0v) is 11.8. The summed E-state index contributed by atoms with van der Waals surface area (Å²) in [6, 6.07) is 6.32. The second-order valence-electron chi connectivity index (χ2n) is 5.94. The van der Waals surface area contributed by atoms with E-state index in [4.69, 9.17) is 4.98 Å². The van der Waals surface area contributed by atoms with Crippen LogP contribution < -0.4 is 5.32 Å². The fourth-order valence-electron chi connectivity index (χ4n) is 3.65. The van der Waals surface area contributed by atoms with Gasteiger partial charge in [-0.3, -0.25) is 4.40 Å². The molecule has 1 fully saturated rings. The Morgan fingerprint density at radius 2 is 2.10 bits per heavy atom. The molecular formula is C17H21N3. The van der Waals surface area contributed by atoms with E-state index < -0.39 is 0 Å². The van der Waals surface area contributed by atoms with Gasteiger partial charge in [0.15, 0.2) is 0 Å². The number of pyridine rings is 1. The number of hydrogen-bond donors (Lipinski definition) is 1. The number of aromatic nitrogens is 2. The molecule has 0 saturated heterocycles. The quantitative estimate of drug-likeness (QED) is 0.904. The fraction of sp³-hybridized carbons (Fsp3) is 0.471. The molecule has 2 aromatic heterocycles. The number of fused-ring (bicyclic) bond motifs is 1. The van der Waals surface area contributed by atoms with Crippen LogP contribution in [-0.4, -0.2) is 22.5 Å². The van der Waals surface area contributed by atoms with Crippen molar-refractivity contribution in [1.29, 1.82) is 0 Å². The lowest BCUT2D eigenvalue weighted by Gasteiger charge is -2.17. The van der Waals surface area contributed by atoms with E-state index in [2.05, 4.69) is 40.2 Å². The average molecular weight is 267 g/mol. The van der Waals surface area contributed by atoms with Crippen molar-refractivity contribution in [2.24, 2.45) is 0 Å². The van der Waals surface area contributed by atoms with E-state index in [1.54, 1.807) is 0 Å². The fourth-order valence-corrected chi connectivity index (χ4v) is 3.65. The number of rotatable bonds is 2. The number of imidazole rings is 1. The Bertz CT molecular complexity index is 647. The van der Waals surface area contributed by atoms with Gasteiger partial charge in [-0.05, 0) is 43.5 Å². The molecule has 104 valence electrons. The summed E-state index contributed by atoms with van der Waals surface area (Å²) >= 11 is 0. The molecule has 3 heterocycles. The predicted octanol–water partition coefficient (Wildman–Crippen LogP) is 3.37. The van der Waals surface area contributed by atoms with Gasteiger partial charge in [-0.25, -0.2) is 4.98 Å². The molecule has 0 radical (unpaired) electrons. The van der Waals surface area contributed by atoms with Gasteiger partial charge in [-0.2, -0.15) is 0 Å². The van der Waals surface area contributed by atoms with E-state index in [0.717, 1.165) is 25.2 Å². The molecule has 1 aliphatic heterocycles. The van der Waals surface area contributed by atoms with Crippen LogP contribution in [0.5, 0.6) is 0 Å². The molecule has 0 aromatic carbocycles. The molecular weight excluding hydrogens is 246 g/mol. The van der Waals surface area contributed by atoms with Crippen molar-refractivity contribution in [3.05, 3.63) is 41.9 Å². The first-order valence-electron chi connectivity index (χ1n) is 7.80. The smallest absolute Gasteiger partial charge is 0.137 e. The largest absolute Gasteiger partial charge is 0.313 e. The molecule has 3 heteroatoms. The summed E-state index contributed by atoms with van der Waals surface area (Å²) in [5.74, 6) is 0.667. The van der Waals surface area contributed by atoms with Gasteiger partial charge >= 0.3 is 0 Å². The van der Waals surface area contributed by atoms with Gasteiger partial charge < -0.3 is 5.32 Å². The molecule has 3 nitrogen and oxygen atoms in total. The van der Waals surface area contributed by atoms with Crippen molar-refractivity contribution >= 4 is 11.2 Å². The van der Waals surface area contributed by atoms with E-state index in [0.29, 0.717) is 5.92 Å². The van der Waals surface area contributed by atoms with Crippen LogP contribution in [0.15, 0.2) is 30.5 Å². The van der Waals surface area contributed by atoms with Crippen LogP contribution in [0.2, 0.25) is 0 Å². The zero-order valence-electron chi connectivity index (χ0n) is 11.8. The molecule has 20 heavy (non-hydrogen) atoms. The molecule has 1 aliphatic carbocycles. The third-order valence-electron chi connectivity index (χ3n) is 4.67. The molecule has 2 aliphatic rings. The van der Waals surface area contributed by atoms with Crippen LogP contribution in [0, 0.1) is 0 Å². The third-order valence-corrected chi connectivity index (χ3v) is 4.67. The first-order valence-corrected chi connectivity index (χ1v) is 7.80. The van der Waals surface area contributed by atoms with Crippen LogP contribution in [0.3, 0.4) is 0 Å². The average Bonchev–Trinajstić information content (AvgIpc) is 3.15. The van der Waals surface area contributed by atoms with Gasteiger partial charge in [0.25, 0.3) is 0 Å². The summed E-state index contributed by atoms with van der Waals surface area (Å²) in [6.07, 6.45) is 11.0. The first-order chi connectivity index (χ1) is 9.93. The summed E-state index contributed by atoms with van der Waals surface area (Å²) in [5, 5.41) is 3.41. The van der Waals surface area contributed by atoms with Gasteiger partial charge in [0.05, 0.1) is 11.4 Å².